The molecule has 0 unspecified atom stereocenters. The molecule has 1 amide bonds. The zero-order valence-electron chi connectivity index (χ0n) is 21.0. The lowest BCUT2D eigenvalue weighted by Crippen LogP contribution is -2.42. The Morgan fingerprint density at radius 2 is 1.59 bits per heavy atom. The summed E-state index contributed by atoms with van der Waals surface area (Å²) < 4.78 is 33.7. The van der Waals surface area contributed by atoms with E-state index < -0.39 is 21.6 Å². The number of likely N-dealkylation sites (N-methyl/N-ethyl adjacent to an activating group) is 1. The van der Waals surface area contributed by atoms with E-state index in [1.54, 1.807) is 32.9 Å². The molecule has 9 heteroatoms. The largest absolute Gasteiger partial charge is 0.459 e. The van der Waals surface area contributed by atoms with Crippen LogP contribution in [-0.4, -0.2) is 69.4 Å². The van der Waals surface area contributed by atoms with Crippen LogP contribution >= 0.6 is 0 Å². The molecule has 0 fully saturated rings. The minimum absolute atomic E-state index is 0.0388. The molecule has 186 valence electrons. The lowest BCUT2D eigenvalue weighted by atomic mass is 10.1. The molecule has 0 aliphatic carbocycles. The van der Waals surface area contributed by atoms with Crippen molar-refractivity contribution in [1.82, 2.24) is 9.80 Å². The summed E-state index contributed by atoms with van der Waals surface area (Å²) in [5.41, 5.74) is 1.95. The Morgan fingerprint density at radius 1 is 0.971 bits per heavy atom. The van der Waals surface area contributed by atoms with Gasteiger partial charge in [-0.05, 0) is 90.2 Å². The number of rotatable bonds is 9. The molecular formula is C25H35N3O5S. The number of esters is 1. The highest BCUT2D eigenvalue weighted by molar-refractivity contribution is 7.92. The molecule has 2 aromatic carbocycles. The first-order valence-electron chi connectivity index (χ1n) is 11.0. The third kappa shape index (κ3) is 7.85. The lowest BCUT2D eigenvalue weighted by molar-refractivity contribution is -0.155. The number of benzene rings is 2. The second-order valence-corrected chi connectivity index (χ2v) is 11.2. The van der Waals surface area contributed by atoms with Gasteiger partial charge in [0.1, 0.15) is 12.1 Å². The van der Waals surface area contributed by atoms with Crippen molar-refractivity contribution in [3.63, 3.8) is 0 Å². The van der Waals surface area contributed by atoms with Gasteiger partial charge < -0.3 is 14.5 Å². The lowest BCUT2D eigenvalue weighted by Gasteiger charge is -2.26. The molecule has 2 aromatic rings. The first-order chi connectivity index (χ1) is 15.7. The number of nitrogens with zero attached hydrogens (tertiary/aromatic N) is 2. The SMILES string of the molecule is Cc1cccc(NS(=O)(=O)c2ccc(C(=O)N(CCN(C)C)CC(=O)OC(C)(C)C)cc2)c1C. The summed E-state index contributed by atoms with van der Waals surface area (Å²) in [5.74, 6) is -0.879. The van der Waals surface area contributed by atoms with Crippen LogP contribution < -0.4 is 4.72 Å². The number of hydrogen-bond acceptors (Lipinski definition) is 6. The molecule has 8 nitrogen and oxygen atoms in total. The summed E-state index contributed by atoms with van der Waals surface area (Å²) in [5, 5.41) is 0. The summed E-state index contributed by atoms with van der Waals surface area (Å²) >= 11 is 0. The van der Waals surface area contributed by atoms with Crippen molar-refractivity contribution < 1.29 is 22.7 Å². The molecule has 0 atom stereocenters. The highest BCUT2D eigenvalue weighted by Gasteiger charge is 2.24. The Hall–Kier alpha value is -2.91. The van der Waals surface area contributed by atoms with Gasteiger partial charge in [-0.1, -0.05) is 12.1 Å². The number of sulfonamides is 1. The fourth-order valence-corrected chi connectivity index (χ4v) is 4.25. The Bertz CT molecular complexity index is 1120. The van der Waals surface area contributed by atoms with Crippen LogP contribution in [0.3, 0.4) is 0 Å². The van der Waals surface area contributed by atoms with Crippen LogP contribution in [0.1, 0.15) is 42.3 Å². The molecule has 0 spiro atoms. The number of nitrogens with one attached hydrogen (secondary N) is 1. The number of ether oxygens (including phenoxy) is 1. The van der Waals surface area contributed by atoms with E-state index in [1.165, 1.54) is 29.2 Å². The standard InChI is InChI=1S/C25H35N3O5S/c1-18-9-8-10-22(19(18)2)26-34(31,32)21-13-11-20(12-14-21)24(30)28(16-15-27(6)7)17-23(29)33-25(3,4)5/h8-14,26H,15-17H2,1-7H3. The molecule has 0 radical (unpaired) electrons. The summed E-state index contributed by atoms with van der Waals surface area (Å²) in [4.78, 5) is 28.8. The van der Waals surface area contributed by atoms with Crippen molar-refractivity contribution in [2.45, 2.75) is 45.1 Å². The summed E-state index contributed by atoms with van der Waals surface area (Å²) in [6, 6.07) is 11.1. The third-order valence-electron chi connectivity index (χ3n) is 5.10. The van der Waals surface area contributed by atoms with Crippen LogP contribution in [0.2, 0.25) is 0 Å². The van der Waals surface area contributed by atoms with Crippen LogP contribution in [0.4, 0.5) is 5.69 Å². The topological polar surface area (TPSA) is 96.0 Å². The molecule has 0 saturated carbocycles. The zero-order valence-corrected chi connectivity index (χ0v) is 21.8. The number of carbonyl (C=O) groups is 2. The molecule has 34 heavy (non-hydrogen) atoms. The molecule has 0 aromatic heterocycles. The number of hydrogen-bond donors (Lipinski definition) is 1. The van der Waals surface area contributed by atoms with Crippen molar-refractivity contribution >= 4 is 27.6 Å². The second kappa shape index (κ2) is 11.0. The highest BCUT2D eigenvalue weighted by atomic mass is 32.2. The van der Waals surface area contributed by atoms with Crippen LogP contribution in [0.15, 0.2) is 47.4 Å². The van der Waals surface area contributed by atoms with Crippen LogP contribution in [-0.2, 0) is 19.6 Å². The Balaban J connectivity index is 2.22. The van der Waals surface area contributed by atoms with E-state index in [2.05, 4.69) is 4.72 Å². The minimum Gasteiger partial charge on any atom is -0.459 e. The van der Waals surface area contributed by atoms with Gasteiger partial charge in [-0.3, -0.25) is 14.3 Å². The van der Waals surface area contributed by atoms with Gasteiger partial charge in [0.2, 0.25) is 0 Å². The fourth-order valence-electron chi connectivity index (χ4n) is 3.13. The van der Waals surface area contributed by atoms with Gasteiger partial charge in [0, 0.05) is 18.7 Å². The smallest absolute Gasteiger partial charge is 0.326 e. The Morgan fingerprint density at radius 3 is 2.15 bits per heavy atom. The molecule has 0 saturated heterocycles. The van der Waals surface area contributed by atoms with E-state index in [-0.39, 0.29) is 22.9 Å². The first kappa shape index (κ1) is 27.3. The first-order valence-corrected chi connectivity index (χ1v) is 12.5. The minimum atomic E-state index is -3.83. The summed E-state index contributed by atoms with van der Waals surface area (Å²) in [6.07, 6.45) is 0. The molecule has 2 rings (SSSR count). The third-order valence-corrected chi connectivity index (χ3v) is 6.49. The van der Waals surface area contributed by atoms with Crippen LogP contribution in [0.25, 0.3) is 0 Å². The number of amides is 1. The molecule has 0 aliphatic heterocycles. The highest BCUT2D eigenvalue weighted by Crippen LogP contribution is 2.22. The average molecular weight is 490 g/mol. The Kier molecular flexibility index (Phi) is 8.85. The zero-order chi connectivity index (χ0) is 25.7. The van der Waals surface area contributed by atoms with Crippen molar-refractivity contribution in [3.8, 4) is 0 Å². The van der Waals surface area contributed by atoms with E-state index in [1.807, 2.05) is 38.9 Å². The molecule has 0 aliphatic rings. The number of anilines is 1. The van der Waals surface area contributed by atoms with Gasteiger partial charge in [0.05, 0.1) is 10.6 Å². The summed E-state index contributed by atoms with van der Waals surface area (Å²) in [7, 11) is -0.0843. The second-order valence-electron chi connectivity index (χ2n) is 9.49. The normalized spacial score (nSPS) is 11.9. The van der Waals surface area contributed by atoms with Crippen molar-refractivity contribution in [3.05, 3.63) is 59.2 Å². The van der Waals surface area contributed by atoms with Gasteiger partial charge >= 0.3 is 5.97 Å². The van der Waals surface area contributed by atoms with Crippen molar-refractivity contribution in [2.24, 2.45) is 0 Å². The molecule has 1 N–H and O–H groups in total. The van der Waals surface area contributed by atoms with Crippen molar-refractivity contribution in [1.29, 1.82) is 0 Å². The van der Waals surface area contributed by atoms with Crippen molar-refractivity contribution in [2.75, 3.05) is 38.5 Å². The van der Waals surface area contributed by atoms with Gasteiger partial charge in [-0.2, -0.15) is 0 Å². The molecular weight excluding hydrogens is 454 g/mol. The maximum atomic E-state index is 13.1. The van der Waals surface area contributed by atoms with Gasteiger partial charge in [0.25, 0.3) is 15.9 Å². The van der Waals surface area contributed by atoms with E-state index in [9.17, 15) is 18.0 Å². The average Bonchev–Trinajstić information content (AvgIpc) is 2.72. The van der Waals surface area contributed by atoms with E-state index in [4.69, 9.17) is 4.74 Å². The molecule has 0 heterocycles. The number of carbonyl (C=O) groups excluding carboxylic acids is 2. The Labute approximate surface area is 202 Å². The van der Waals surface area contributed by atoms with Gasteiger partial charge in [-0.15, -0.1) is 0 Å². The van der Waals surface area contributed by atoms with E-state index in [0.29, 0.717) is 18.8 Å². The maximum Gasteiger partial charge on any atom is 0.326 e. The van der Waals surface area contributed by atoms with Crippen LogP contribution in [0.5, 0.6) is 0 Å². The monoisotopic (exact) mass is 489 g/mol. The predicted octanol–water partition coefficient (Wildman–Crippen LogP) is 3.45. The quantitative estimate of drug-likeness (QED) is 0.542. The predicted molar refractivity (Wildman–Crippen MR) is 133 cm³/mol. The maximum absolute atomic E-state index is 13.1. The fraction of sp³-hybridized carbons (Fsp3) is 0.440. The number of aryl methyl sites for hydroxylation is 1. The van der Waals surface area contributed by atoms with Gasteiger partial charge in [0.15, 0.2) is 0 Å². The molecule has 0 bridgehead atoms. The van der Waals surface area contributed by atoms with E-state index >= 15 is 0 Å². The van der Waals surface area contributed by atoms with Crippen LogP contribution in [0, 0.1) is 13.8 Å². The van der Waals surface area contributed by atoms with E-state index in [0.717, 1.165) is 11.1 Å². The van der Waals surface area contributed by atoms with Gasteiger partial charge in [-0.25, -0.2) is 8.42 Å². The summed E-state index contributed by atoms with van der Waals surface area (Å²) in [6.45, 7) is 9.74.